The lowest BCUT2D eigenvalue weighted by Gasteiger charge is -2.25. The molecule has 1 N–H and O–H groups in total. The average molecular weight is 497 g/mol. The molecule has 1 aliphatic rings. The van der Waals surface area contributed by atoms with Crippen molar-refractivity contribution in [3.63, 3.8) is 0 Å². The number of rotatable bonds is 7. The van der Waals surface area contributed by atoms with E-state index in [1.165, 1.54) is 4.90 Å². The summed E-state index contributed by atoms with van der Waals surface area (Å²) in [6.45, 7) is 6.53. The fourth-order valence-electron chi connectivity index (χ4n) is 4.27. The molecule has 1 aliphatic heterocycles. The summed E-state index contributed by atoms with van der Waals surface area (Å²) in [4.78, 5) is 28.0. The second kappa shape index (κ2) is 10.6. The normalized spacial score (nSPS) is 16.6. The van der Waals surface area contributed by atoms with Gasteiger partial charge in [-0.2, -0.15) is 5.26 Å². The van der Waals surface area contributed by atoms with E-state index >= 15 is 0 Å². The number of anilines is 1. The molecule has 0 bridgehead atoms. The van der Waals surface area contributed by atoms with Crippen LogP contribution in [0.15, 0.2) is 72.3 Å². The van der Waals surface area contributed by atoms with Crippen LogP contribution < -0.4 is 14.4 Å². The van der Waals surface area contributed by atoms with Crippen LogP contribution >= 0.6 is 0 Å². The van der Waals surface area contributed by atoms with Gasteiger partial charge in [0.15, 0.2) is 0 Å². The van der Waals surface area contributed by atoms with Gasteiger partial charge in [-0.25, -0.2) is 0 Å². The number of amides is 1. The second-order valence-electron chi connectivity index (χ2n) is 9.29. The Balaban J connectivity index is 1.84. The molecule has 0 aromatic heterocycles. The lowest BCUT2D eigenvalue weighted by Crippen LogP contribution is -2.29. The summed E-state index contributed by atoms with van der Waals surface area (Å²) in [6, 6.07) is 19.7. The Morgan fingerprint density at radius 2 is 1.73 bits per heavy atom. The minimum Gasteiger partial charge on any atom is -0.507 e. The van der Waals surface area contributed by atoms with Crippen LogP contribution in [0, 0.1) is 24.2 Å². The molecule has 3 aromatic carbocycles. The van der Waals surface area contributed by atoms with Crippen molar-refractivity contribution in [1.82, 2.24) is 0 Å². The number of aliphatic hydroxyl groups excluding tert-OH is 1. The Morgan fingerprint density at radius 3 is 2.30 bits per heavy atom. The van der Waals surface area contributed by atoms with E-state index < -0.39 is 17.7 Å². The molecule has 1 heterocycles. The maximum atomic E-state index is 13.4. The van der Waals surface area contributed by atoms with Gasteiger partial charge in [0.25, 0.3) is 11.7 Å². The van der Waals surface area contributed by atoms with Gasteiger partial charge >= 0.3 is 0 Å². The predicted octanol–water partition coefficient (Wildman–Crippen LogP) is 5.54. The number of benzene rings is 3. The fourth-order valence-corrected chi connectivity index (χ4v) is 4.27. The number of nitriles is 1. The molecule has 1 fully saturated rings. The zero-order valence-electron chi connectivity index (χ0n) is 21.2. The summed E-state index contributed by atoms with van der Waals surface area (Å²) in [5, 5.41) is 20.6. The Hall–Kier alpha value is -4.57. The van der Waals surface area contributed by atoms with Crippen LogP contribution in [0.25, 0.3) is 5.76 Å². The molecule has 188 valence electrons. The highest BCUT2D eigenvalue weighted by Crippen LogP contribution is 2.42. The number of ketones is 1. The van der Waals surface area contributed by atoms with Gasteiger partial charge in [0.05, 0.1) is 37.0 Å². The van der Waals surface area contributed by atoms with Gasteiger partial charge in [0.1, 0.15) is 17.3 Å². The van der Waals surface area contributed by atoms with Gasteiger partial charge in [0.2, 0.25) is 0 Å². The zero-order chi connectivity index (χ0) is 26.7. The fraction of sp³-hybridized carbons (Fsp3) is 0.233. The van der Waals surface area contributed by atoms with Crippen molar-refractivity contribution in [1.29, 1.82) is 5.26 Å². The minimum atomic E-state index is -0.879. The number of hydrogen-bond acceptors (Lipinski definition) is 6. The molecule has 0 saturated carbocycles. The molecular formula is C30H28N2O5. The molecule has 1 atom stereocenters. The van der Waals surface area contributed by atoms with Crippen molar-refractivity contribution < 1.29 is 24.2 Å². The smallest absolute Gasteiger partial charge is 0.300 e. The number of methoxy groups -OCH3 is 1. The minimum absolute atomic E-state index is 0.0187. The molecule has 37 heavy (non-hydrogen) atoms. The van der Waals surface area contributed by atoms with Crippen molar-refractivity contribution in [2.45, 2.75) is 26.8 Å². The Morgan fingerprint density at radius 1 is 1.05 bits per heavy atom. The number of aryl methyl sites for hydroxylation is 1. The van der Waals surface area contributed by atoms with Gasteiger partial charge in [-0.05, 0) is 78.6 Å². The van der Waals surface area contributed by atoms with E-state index in [9.17, 15) is 14.7 Å². The molecule has 0 radical (unpaired) electrons. The highest BCUT2D eigenvalue weighted by Gasteiger charge is 2.47. The maximum absolute atomic E-state index is 13.4. The SMILES string of the molecule is COc1ccc(C2/C(=C(/O)c3ccc(OCC(C)C)c(C)c3)C(=O)C(=O)N2c2ccc(C#N)cc2)cc1. The molecule has 1 saturated heterocycles. The highest BCUT2D eigenvalue weighted by atomic mass is 16.5. The van der Waals surface area contributed by atoms with Crippen molar-refractivity contribution in [2.24, 2.45) is 5.92 Å². The van der Waals surface area contributed by atoms with E-state index in [0.717, 1.165) is 5.56 Å². The number of carbonyl (C=O) groups excluding carboxylic acids is 2. The van der Waals surface area contributed by atoms with Crippen LogP contribution in [-0.4, -0.2) is 30.5 Å². The van der Waals surface area contributed by atoms with Crippen molar-refractivity contribution in [2.75, 3.05) is 18.6 Å². The molecule has 4 rings (SSSR count). The average Bonchev–Trinajstić information content (AvgIpc) is 3.17. The molecule has 3 aromatic rings. The third-order valence-electron chi connectivity index (χ3n) is 6.17. The van der Waals surface area contributed by atoms with Gasteiger partial charge in [0, 0.05) is 11.3 Å². The first-order valence-corrected chi connectivity index (χ1v) is 11.9. The van der Waals surface area contributed by atoms with E-state index in [1.807, 2.05) is 13.0 Å². The quantitative estimate of drug-likeness (QED) is 0.262. The number of carbonyl (C=O) groups is 2. The van der Waals surface area contributed by atoms with Crippen LogP contribution in [-0.2, 0) is 9.59 Å². The summed E-state index contributed by atoms with van der Waals surface area (Å²) in [6.07, 6.45) is 0. The largest absolute Gasteiger partial charge is 0.507 e. The first kappa shape index (κ1) is 25.5. The third-order valence-corrected chi connectivity index (χ3v) is 6.17. The molecule has 0 aliphatic carbocycles. The second-order valence-corrected chi connectivity index (χ2v) is 9.29. The number of ether oxygens (including phenoxy) is 2. The Labute approximate surface area is 216 Å². The zero-order valence-corrected chi connectivity index (χ0v) is 21.2. The standard InChI is InChI=1S/C30H28N2O5/c1-18(2)17-37-25-14-9-22(15-19(25)3)28(33)26-27(21-7-12-24(36-4)13-8-21)32(30(35)29(26)34)23-10-5-20(16-31)6-11-23/h5-15,18,27,33H,17H2,1-4H3/b28-26-. The maximum Gasteiger partial charge on any atom is 0.300 e. The molecule has 1 unspecified atom stereocenters. The van der Waals surface area contributed by atoms with Gasteiger partial charge in [-0.3, -0.25) is 14.5 Å². The van der Waals surface area contributed by atoms with Crippen molar-refractivity contribution in [3.8, 4) is 17.6 Å². The van der Waals surface area contributed by atoms with Crippen LogP contribution in [0.4, 0.5) is 5.69 Å². The molecule has 0 spiro atoms. The predicted molar refractivity (Wildman–Crippen MR) is 140 cm³/mol. The van der Waals surface area contributed by atoms with E-state index in [4.69, 9.17) is 14.7 Å². The first-order chi connectivity index (χ1) is 17.7. The lowest BCUT2D eigenvalue weighted by atomic mass is 9.94. The van der Waals surface area contributed by atoms with E-state index in [0.29, 0.717) is 46.4 Å². The van der Waals surface area contributed by atoms with Gasteiger partial charge in [-0.15, -0.1) is 0 Å². The first-order valence-electron chi connectivity index (χ1n) is 11.9. The van der Waals surface area contributed by atoms with Gasteiger partial charge < -0.3 is 14.6 Å². The molecular weight excluding hydrogens is 468 g/mol. The van der Waals surface area contributed by atoms with Gasteiger partial charge in [-0.1, -0.05) is 26.0 Å². The molecule has 1 amide bonds. The van der Waals surface area contributed by atoms with Crippen LogP contribution in [0.2, 0.25) is 0 Å². The summed E-state index contributed by atoms with van der Waals surface area (Å²) in [5.74, 6) is -0.160. The summed E-state index contributed by atoms with van der Waals surface area (Å²) >= 11 is 0. The number of nitrogens with zero attached hydrogens (tertiary/aromatic N) is 2. The molecule has 7 heteroatoms. The number of Topliss-reactive ketones (excluding diaryl/α,β-unsaturated/α-hetero) is 1. The lowest BCUT2D eigenvalue weighted by molar-refractivity contribution is -0.132. The van der Waals surface area contributed by atoms with E-state index in [-0.39, 0.29) is 11.3 Å². The topological polar surface area (TPSA) is 99.9 Å². The Kier molecular flexibility index (Phi) is 7.30. The number of hydrogen-bond donors (Lipinski definition) is 1. The molecule has 7 nitrogen and oxygen atoms in total. The van der Waals surface area contributed by atoms with Crippen molar-refractivity contribution >= 4 is 23.1 Å². The number of aliphatic hydroxyl groups is 1. The van der Waals surface area contributed by atoms with Crippen molar-refractivity contribution in [3.05, 3.63) is 94.6 Å². The third kappa shape index (κ3) is 5.05. The van der Waals surface area contributed by atoms with Crippen LogP contribution in [0.5, 0.6) is 11.5 Å². The van der Waals surface area contributed by atoms with E-state index in [1.54, 1.807) is 73.8 Å². The van der Waals surface area contributed by atoms with Crippen LogP contribution in [0.1, 0.15) is 42.1 Å². The summed E-state index contributed by atoms with van der Waals surface area (Å²) in [5.41, 5.74) is 2.68. The Bertz CT molecular complexity index is 1400. The van der Waals surface area contributed by atoms with Crippen LogP contribution in [0.3, 0.4) is 0 Å². The van der Waals surface area contributed by atoms with E-state index in [2.05, 4.69) is 13.8 Å². The summed E-state index contributed by atoms with van der Waals surface area (Å²) < 4.78 is 11.1. The summed E-state index contributed by atoms with van der Waals surface area (Å²) in [7, 11) is 1.55. The highest BCUT2D eigenvalue weighted by molar-refractivity contribution is 6.51. The monoisotopic (exact) mass is 496 g/mol.